The summed E-state index contributed by atoms with van der Waals surface area (Å²) in [7, 11) is 0. The number of esters is 1. The number of nitrogens with zero attached hydrogens (tertiary/aromatic N) is 2. The fraction of sp³-hybridized carbons (Fsp3) is 0.941. The molecule has 2 aliphatic heterocycles. The summed E-state index contributed by atoms with van der Waals surface area (Å²) in [4.78, 5) is 17.1. The lowest BCUT2D eigenvalue weighted by atomic mass is 9.94. The van der Waals surface area contributed by atoms with E-state index in [1.54, 1.807) is 0 Å². The van der Waals surface area contributed by atoms with E-state index >= 15 is 0 Å². The predicted octanol–water partition coefficient (Wildman–Crippen LogP) is 2.53. The quantitative estimate of drug-likeness (QED) is 0.676. The van der Waals surface area contributed by atoms with E-state index in [1.165, 1.54) is 45.3 Å². The Balaban J connectivity index is 1.78. The highest BCUT2D eigenvalue weighted by Gasteiger charge is 2.30. The highest BCUT2D eigenvalue weighted by atomic mass is 16.5. The molecule has 0 saturated carbocycles. The van der Waals surface area contributed by atoms with Gasteiger partial charge in [-0.15, -0.1) is 0 Å². The molecule has 2 rings (SSSR count). The summed E-state index contributed by atoms with van der Waals surface area (Å²) >= 11 is 0. The second-order valence-corrected chi connectivity index (χ2v) is 6.54. The van der Waals surface area contributed by atoms with Gasteiger partial charge in [-0.3, -0.25) is 9.69 Å². The van der Waals surface area contributed by atoms with Crippen LogP contribution in [0.2, 0.25) is 0 Å². The molecule has 0 spiro atoms. The van der Waals surface area contributed by atoms with Gasteiger partial charge in [0.05, 0.1) is 6.61 Å². The average molecular weight is 296 g/mol. The monoisotopic (exact) mass is 296 g/mol. The second kappa shape index (κ2) is 8.74. The molecule has 0 aromatic carbocycles. The van der Waals surface area contributed by atoms with E-state index in [9.17, 15) is 4.79 Å². The second-order valence-electron chi connectivity index (χ2n) is 6.54. The third-order valence-corrected chi connectivity index (χ3v) is 4.93. The number of rotatable bonds is 7. The fourth-order valence-corrected chi connectivity index (χ4v) is 3.74. The molecule has 0 aromatic rings. The van der Waals surface area contributed by atoms with E-state index in [0.717, 1.165) is 31.8 Å². The zero-order valence-electron chi connectivity index (χ0n) is 13.9. The van der Waals surface area contributed by atoms with Crippen LogP contribution in [0.5, 0.6) is 0 Å². The molecule has 1 unspecified atom stereocenters. The third kappa shape index (κ3) is 4.96. The smallest absolute Gasteiger partial charge is 0.323 e. The van der Waals surface area contributed by atoms with E-state index in [2.05, 4.69) is 16.7 Å². The van der Waals surface area contributed by atoms with Crippen molar-refractivity contribution in [1.82, 2.24) is 9.80 Å². The van der Waals surface area contributed by atoms with Crippen LogP contribution < -0.4 is 0 Å². The van der Waals surface area contributed by atoms with Crippen LogP contribution in [0.15, 0.2) is 0 Å². The number of piperidine rings is 1. The summed E-state index contributed by atoms with van der Waals surface area (Å²) in [5, 5.41) is 0. The van der Waals surface area contributed by atoms with E-state index in [4.69, 9.17) is 4.74 Å². The SMILES string of the molecule is CCCC(C(=O)OCC)N1CCC(CN2CCCC2)CC1. The van der Waals surface area contributed by atoms with Crippen LogP contribution in [0.4, 0.5) is 0 Å². The first kappa shape index (κ1) is 16.8. The zero-order valence-corrected chi connectivity index (χ0v) is 13.9. The number of carbonyl (C=O) groups is 1. The molecule has 21 heavy (non-hydrogen) atoms. The maximum absolute atomic E-state index is 12.1. The molecule has 0 radical (unpaired) electrons. The number of hydrogen-bond acceptors (Lipinski definition) is 4. The van der Waals surface area contributed by atoms with Crippen molar-refractivity contribution in [2.24, 2.45) is 5.92 Å². The van der Waals surface area contributed by atoms with Crippen LogP contribution in [0.25, 0.3) is 0 Å². The van der Waals surface area contributed by atoms with Gasteiger partial charge >= 0.3 is 5.97 Å². The minimum atomic E-state index is -0.0163. The first-order valence-electron chi connectivity index (χ1n) is 8.87. The number of carbonyl (C=O) groups excluding carboxylic acids is 1. The van der Waals surface area contributed by atoms with Crippen molar-refractivity contribution >= 4 is 5.97 Å². The molecule has 0 bridgehead atoms. The van der Waals surface area contributed by atoms with E-state index in [-0.39, 0.29) is 12.0 Å². The van der Waals surface area contributed by atoms with Crippen molar-refractivity contribution < 1.29 is 9.53 Å². The molecule has 2 saturated heterocycles. The average Bonchev–Trinajstić information content (AvgIpc) is 2.99. The summed E-state index contributed by atoms with van der Waals surface area (Å²) in [6, 6.07) is -0.0114. The van der Waals surface area contributed by atoms with Crippen molar-refractivity contribution in [3.05, 3.63) is 0 Å². The topological polar surface area (TPSA) is 32.8 Å². The van der Waals surface area contributed by atoms with Crippen LogP contribution in [0.1, 0.15) is 52.4 Å². The van der Waals surface area contributed by atoms with Gasteiger partial charge in [0, 0.05) is 6.54 Å². The summed E-state index contributed by atoms with van der Waals surface area (Å²) in [5.74, 6) is 0.807. The molecule has 2 aliphatic rings. The lowest BCUT2D eigenvalue weighted by Gasteiger charge is -2.37. The minimum absolute atomic E-state index is 0.0114. The number of likely N-dealkylation sites (tertiary alicyclic amines) is 2. The van der Waals surface area contributed by atoms with Gasteiger partial charge in [-0.05, 0) is 71.1 Å². The normalized spacial score (nSPS) is 23.3. The number of ether oxygens (including phenoxy) is 1. The molecular weight excluding hydrogens is 264 g/mol. The van der Waals surface area contributed by atoms with Crippen molar-refractivity contribution in [3.8, 4) is 0 Å². The summed E-state index contributed by atoms with van der Waals surface area (Å²) in [5.41, 5.74) is 0. The van der Waals surface area contributed by atoms with Crippen LogP contribution in [0.3, 0.4) is 0 Å². The zero-order chi connectivity index (χ0) is 15.1. The van der Waals surface area contributed by atoms with Gasteiger partial charge in [0.1, 0.15) is 6.04 Å². The van der Waals surface area contributed by atoms with Crippen LogP contribution in [0, 0.1) is 5.92 Å². The highest BCUT2D eigenvalue weighted by Crippen LogP contribution is 2.23. The van der Waals surface area contributed by atoms with Gasteiger partial charge in [0.15, 0.2) is 0 Å². The first-order valence-corrected chi connectivity index (χ1v) is 8.87. The standard InChI is InChI=1S/C17H32N2O2/c1-3-7-16(17(20)21-4-2)19-12-8-15(9-13-19)14-18-10-5-6-11-18/h15-16H,3-14H2,1-2H3. The van der Waals surface area contributed by atoms with E-state index < -0.39 is 0 Å². The molecule has 122 valence electrons. The van der Waals surface area contributed by atoms with Crippen molar-refractivity contribution in [3.63, 3.8) is 0 Å². The van der Waals surface area contributed by atoms with Gasteiger partial charge in [-0.1, -0.05) is 13.3 Å². The summed E-state index contributed by atoms with van der Waals surface area (Å²) < 4.78 is 5.26. The molecule has 4 nitrogen and oxygen atoms in total. The van der Waals surface area contributed by atoms with Crippen molar-refractivity contribution in [2.45, 2.75) is 58.4 Å². The van der Waals surface area contributed by atoms with Gasteiger partial charge in [-0.2, -0.15) is 0 Å². The van der Waals surface area contributed by atoms with E-state index in [0.29, 0.717) is 6.61 Å². The van der Waals surface area contributed by atoms with E-state index in [1.807, 2.05) is 6.92 Å². The molecule has 4 heteroatoms. The minimum Gasteiger partial charge on any atom is -0.465 e. The lowest BCUT2D eigenvalue weighted by Crippen LogP contribution is -2.47. The van der Waals surface area contributed by atoms with Gasteiger partial charge in [-0.25, -0.2) is 0 Å². The summed E-state index contributed by atoms with van der Waals surface area (Å²) in [6.45, 7) is 10.5. The van der Waals surface area contributed by atoms with Gasteiger partial charge < -0.3 is 9.64 Å². The Morgan fingerprint density at radius 2 is 1.81 bits per heavy atom. The largest absolute Gasteiger partial charge is 0.465 e. The van der Waals surface area contributed by atoms with Gasteiger partial charge in [0.2, 0.25) is 0 Å². The highest BCUT2D eigenvalue weighted by molar-refractivity contribution is 5.75. The molecule has 2 heterocycles. The third-order valence-electron chi connectivity index (χ3n) is 4.93. The van der Waals surface area contributed by atoms with Crippen molar-refractivity contribution in [2.75, 3.05) is 39.3 Å². The molecule has 2 fully saturated rings. The molecule has 0 aromatic heterocycles. The van der Waals surface area contributed by atoms with Crippen LogP contribution in [-0.4, -0.2) is 61.1 Å². The Hall–Kier alpha value is -0.610. The van der Waals surface area contributed by atoms with Crippen molar-refractivity contribution in [1.29, 1.82) is 0 Å². The Morgan fingerprint density at radius 1 is 1.14 bits per heavy atom. The molecule has 0 amide bonds. The predicted molar refractivity (Wildman–Crippen MR) is 85.3 cm³/mol. The molecular formula is C17H32N2O2. The van der Waals surface area contributed by atoms with Crippen LogP contribution in [-0.2, 0) is 9.53 Å². The molecule has 1 atom stereocenters. The maximum atomic E-state index is 12.1. The Kier molecular flexibility index (Phi) is 6.97. The Labute approximate surface area is 129 Å². The summed E-state index contributed by atoms with van der Waals surface area (Å²) in [6.07, 6.45) is 7.18. The molecule has 0 N–H and O–H groups in total. The number of hydrogen-bond donors (Lipinski definition) is 0. The van der Waals surface area contributed by atoms with Gasteiger partial charge in [0.25, 0.3) is 0 Å². The lowest BCUT2D eigenvalue weighted by molar-refractivity contribution is -0.150. The Bertz CT molecular complexity index is 308. The maximum Gasteiger partial charge on any atom is 0.323 e. The molecule has 0 aliphatic carbocycles. The van der Waals surface area contributed by atoms with Crippen LogP contribution >= 0.6 is 0 Å². The Morgan fingerprint density at radius 3 is 2.38 bits per heavy atom. The fourth-order valence-electron chi connectivity index (χ4n) is 3.74. The first-order chi connectivity index (χ1) is 10.2.